The first-order valence-corrected chi connectivity index (χ1v) is 2.40. The van der Waals surface area contributed by atoms with Gasteiger partial charge in [0.25, 0.3) is 0 Å². The first kappa shape index (κ1) is 5.80. The Labute approximate surface area is 38.2 Å². The van der Waals surface area contributed by atoms with E-state index in [0.29, 0.717) is 0 Å². The predicted octanol–water partition coefficient (Wildman–Crippen LogP) is 0.749. The molecule has 0 aliphatic carbocycles. The molecule has 0 radical (unpaired) electrons. The summed E-state index contributed by atoms with van der Waals surface area (Å²) in [5.74, 6) is -0.384. The molecule has 0 aliphatic rings. The van der Waals surface area contributed by atoms with Crippen LogP contribution < -0.4 is 5.73 Å². The summed E-state index contributed by atoms with van der Waals surface area (Å²) in [6, 6.07) is 0. The van der Waals surface area contributed by atoms with Gasteiger partial charge in [-0.3, -0.25) is 4.57 Å². The molecule has 0 aliphatic heterocycles. The van der Waals surface area contributed by atoms with Gasteiger partial charge in [-0.2, -0.15) is 0 Å². The molecule has 0 bridgehead atoms. The molecule has 3 heteroatoms. The largest absolute Gasteiger partial charge is 0.315 e. The Kier molecular flexibility index (Phi) is 2.91. The normalized spacial score (nSPS) is 14.2. The van der Waals surface area contributed by atoms with Gasteiger partial charge < -0.3 is 5.73 Å². The van der Waals surface area contributed by atoms with Gasteiger partial charge in [0.1, 0.15) is 5.78 Å². The van der Waals surface area contributed by atoms with Gasteiger partial charge in [-0.15, -0.1) is 6.58 Å². The minimum atomic E-state index is -0.384. The van der Waals surface area contributed by atoms with Crippen molar-refractivity contribution in [2.75, 3.05) is 0 Å². The molecule has 0 aromatic carbocycles. The predicted molar refractivity (Wildman–Crippen MR) is 25.8 cm³/mol. The van der Waals surface area contributed by atoms with Crippen molar-refractivity contribution in [2.24, 2.45) is 5.73 Å². The van der Waals surface area contributed by atoms with Crippen LogP contribution in [0.3, 0.4) is 0 Å². The molecule has 0 amide bonds. The van der Waals surface area contributed by atoms with Crippen LogP contribution in [0.15, 0.2) is 12.7 Å². The van der Waals surface area contributed by atoms with E-state index in [-0.39, 0.29) is 14.2 Å². The summed E-state index contributed by atoms with van der Waals surface area (Å²) < 4.78 is 9.64. The number of hydrogen-bond donors (Lipinski definition) is 1. The fraction of sp³-hybridized carbons (Fsp3) is 0.333. The minimum absolute atomic E-state index is 0.0621. The van der Waals surface area contributed by atoms with E-state index < -0.39 is 0 Å². The second-order valence-electron chi connectivity index (χ2n) is 0.832. The van der Waals surface area contributed by atoms with Gasteiger partial charge in [0, 0.05) is 0 Å². The maximum Gasteiger partial charge on any atom is 0.178 e. The highest BCUT2D eigenvalue weighted by molar-refractivity contribution is 7.24. The van der Waals surface area contributed by atoms with Crippen molar-refractivity contribution < 1.29 is 4.57 Å². The molecule has 0 fully saturated rings. The maximum absolute atomic E-state index is 9.64. The SMILES string of the molecule is C=CC(N)P=O. The molecule has 2 nitrogen and oxygen atoms in total. The second kappa shape index (κ2) is 3.01. The third kappa shape index (κ3) is 2.06. The van der Waals surface area contributed by atoms with Crippen LogP contribution in [-0.2, 0) is 4.57 Å². The Morgan fingerprint density at radius 3 is 2.50 bits per heavy atom. The van der Waals surface area contributed by atoms with E-state index >= 15 is 0 Å². The van der Waals surface area contributed by atoms with Crippen LogP contribution in [0.1, 0.15) is 0 Å². The first-order chi connectivity index (χ1) is 2.81. The molecule has 0 saturated carbocycles. The van der Waals surface area contributed by atoms with Gasteiger partial charge in [-0.05, 0) is 0 Å². The van der Waals surface area contributed by atoms with Crippen molar-refractivity contribution >= 4 is 8.46 Å². The van der Waals surface area contributed by atoms with E-state index in [1.165, 1.54) is 6.08 Å². The lowest BCUT2D eigenvalue weighted by Crippen LogP contribution is -2.05. The minimum Gasteiger partial charge on any atom is -0.315 e. The van der Waals surface area contributed by atoms with Crippen LogP contribution >= 0.6 is 8.46 Å². The lowest BCUT2D eigenvalue weighted by Gasteiger charge is -1.83. The van der Waals surface area contributed by atoms with Crippen LogP contribution in [0, 0.1) is 0 Å². The fourth-order valence-electron chi connectivity index (χ4n) is 0.0430. The third-order valence-corrected chi connectivity index (χ3v) is 0.817. The summed E-state index contributed by atoms with van der Waals surface area (Å²) in [6.07, 6.45) is 1.43. The summed E-state index contributed by atoms with van der Waals surface area (Å²) in [5, 5.41) is 0. The zero-order chi connectivity index (χ0) is 4.99. The van der Waals surface area contributed by atoms with Crippen molar-refractivity contribution in [3.63, 3.8) is 0 Å². The number of nitrogens with two attached hydrogens (primary N) is 1. The Balaban J connectivity index is 3.21. The quantitative estimate of drug-likeness (QED) is 0.414. The molecular formula is C3H6NOP. The van der Waals surface area contributed by atoms with Gasteiger partial charge >= 0.3 is 0 Å². The van der Waals surface area contributed by atoms with Crippen LogP contribution in [0.4, 0.5) is 0 Å². The van der Waals surface area contributed by atoms with E-state index in [1.54, 1.807) is 0 Å². The van der Waals surface area contributed by atoms with E-state index in [2.05, 4.69) is 6.58 Å². The van der Waals surface area contributed by atoms with Crippen LogP contribution in [0.5, 0.6) is 0 Å². The summed E-state index contributed by atoms with van der Waals surface area (Å²) in [7, 11) is -0.0621. The topological polar surface area (TPSA) is 43.1 Å². The van der Waals surface area contributed by atoms with Crippen molar-refractivity contribution in [3.8, 4) is 0 Å². The molecule has 0 aromatic heterocycles. The molecule has 0 heterocycles. The van der Waals surface area contributed by atoms with Gasteiger partial charge in [-0.25, -0.2) is 0 Å². The Morgan fingerprint density at radius 2 is 2.50 bits per heavy atom. The van der Waals surface area contributed by atoms with Crippen molar-refractivity contribution in [1.82, 2.24) is 0 Å². The van der Waals surface area contributed by atoms with E-state index in [0.717, 1.165) is 0 Å². The molecular weight excluding hydrogens is 97.0 g/mol. The molecule has 1 atom stereocenters. The molecule has 1 unspecified atom stereocenters. The molecule has 6 heavy (non-hydrogen) atoms. The monoisotopic (exact) mass is 103 g/mol. The highest BCUT2D eigenvalue weighted by Gasteiger charge is 1.86. The average molecular weight is 103 g/mol. The Bertz CT molecular complexity index is 55.8. The highest BCUT2D eigenvalue weighted by atomic mass is 31.1. The summed E-state index contributed by atoms with van der Waals surface area (Å²) >= 11 is 0. The highest BCUT2D eigenvalue weighted by Crippen LogP contribution is 1.96. The van der Waals surface area contributed by atoms with Crippen LogP contribution in [-0.4, -0.2) is 5.78 Å². The third-order valence-electron chi connectivity index (χ3n) is 0.363. The van der Waals surface area contributed by atoms with E-state index in [9.17, 15) is 4.57 Å². The van der Waals surface area contributed by atoms with Gasteiger partial charge in [0.2, 0.25) is 0 Å². The zero-order valence-electron chi connectivity index (χ0n) is 3.29. The molecule has 34 valence electrons. The summed E-state index contributed by atoms with van der Waals surface area (Å²) in [4.78, 5) is 0. The fourth-order valence-corrected chi connectivity index (χ4v) is 0.129. The van der Waals surface area contributed by atoms with Crippen LogP contribution in [0.2, 0.25) is 0 Å². The molecule has 2 N–H and O–H groups in total. The summed E-state index contributed by atoms with van der Waals surface area (Å²) in [5.41, 5.74) is 5.03. The molecule has 0 rings (SSSR count). The first-order valence-electron chi connectivity index (χ1n) is 1.52. The van der Waals surface area contributed by atoms with Gasteiger partial charge in [0.05, 0.1) is 0 Å². The number of rotatable bonds is 2. The number of hydrogen-bond acceptors (Lipinski definition) is 2. The van der Waals surface area contributed by atoms with Gasteiger partial charge in [0.15, 0.2) is 8.46 Å². The van der Waals surface area contributed by atoms with Crippen molar-refractivity contribution in [2.45, 2.75) is 5.78 Å². The lowest BCUT2D eigenvalue weighted by atomic mass is 10.7. The van der Waals surface area contributed by atoms with E-state index in [4.69, 9.17) is 5.73 Å². The zero-order valence-corrected chi connectivity index (χ0v) is 4.19. The maximum atomic E-state index is 9.64. The average Bonchev–Trinajstić information content (AvgIpc) is 1.65. The molecule has 0 saturated heterocycles. The van der Waals surface area contributed by atoms with E-state index in [1.807, 2.05) is 0 Å². The van der Waals surface area contributed by atoms with Crippen LogP contribution in [0.25, 0.3) is 0 Å². The second-order valence-corrected chi connectivity index (χ2v) is 1.64. The Morgan fingerprint density at radius 1 is 2.00 bits per heavy atom. The smallest absolute Gasteiger partial charge is 0.178 e. The molecule has 0 spiro atoms. The standard InChI is InChI=1S/C3H6NOP/c1-2-3(4)6-5/h2-3H,1,4H2. The molecule has 0 aromatic rings. The summed E-state index contributed by atoms with van der Waals surface area (Å²) in [6.45, 7) is 3.30. The van der Waals surface area contributed by atoms with Crippen molar-refractivity contribution in [3.05, 3.63) is 12.7 Å². The lowest BCUT2D eigenvalue weighted by molar-refractivity contribution is 0.595. The van der Waals surface area contributed by atoms with Crippen molar-refractivity contribution in [1.29, 1.82) is 0 Å². The van der Waals surface area contributed by atoms with Gasteiger partial charge in [-0.1, -0.05) is 6.08 Å². The Hall–Kier alpha value is -0.200.